The van der Waals surface area contributed by atoms with E-state index < -0.39 is 0 Å². The summed E-state index contributed by atoms with van der Waals surface area (Å²) in [5.41, 5.74) is 5.85. The molecule has 0 radical (unpaired) electrons. The summed E-state index contributed by atoms with van der Waals surface area (Å²) in [6, 6.07) is 23.6. The van der Waals surface area contributed by atoms with Crippen LogP contribution in [0.25, 0.3) is 17.1 Å². The minimum absolute atomic E-state index is 0.104. The van der Waals surface area contributed by atoms with E-state index in [1.165, 1.54) is 0 Å². The summed E-state index contributed by atoms with van der Waals surface area (Å²) < 4.78 is 2.08. The third kappa shape index (κ3) is 5.50. The van der Waals surface area contributed by atoms with Gasteiger partial charge in [0.2, 0.25) is 0 Å². The Morgan fingerprint density at radius 1 is 0.861 bits per heavy atom. The molecule has 3 aromatic heterocycles. The van der Waals surface area contributed by atoms with Crippen LogP contribution < -0.4 is 5.32 Å². The number of nitrogens with one attached hydrogen (secondary N) is 1. The summed E-state index contributed by atoms with van der Waals surface area (Å²) in [6.45, 7) is 2.54. The molecule has 0 spiro atoms. The fraction of sp³-hybridized carbons (Fsp3) is 0.107. The zero-order valence-electron chi connectivity index (χ0n) is 19.7. The van der Waals surface area contributed by atoms with Crippen LogP contribution in [0.15, 0.2) is 103 Å². The highest BCUT2D eigenvalue weighted by Crippen LogP contribution is 2.30. The van der Waals surface area contributed by atoms with Crippen molar-refractivity contribution in [3.8, 4) is 17.1 Å². The van der Waals surface area contributed by atoms with Crippen LogP contribution in [0.1, 0.15) is 27.0 Å². The molecular weight excluding hydrogens is 468 g/mol. The molecule has 0 saturated heterocycles. The van der Waals surface area contributed by atoms with Gasteiger partial charge in [0.25, 0.3) is 5.91 Å². The summed E-state index contributed by atoms with van der Waals surface area (Å²) in [7, 11) is 0. The van der Waals surface area contributed by atoms with Gasteiger partial charge in [-0.15, -0.1) is 10.2 Å². The lowest BCUT2D eigenvalue weighted by Gasteiger charge is -2.11. The van der Waals surface area contributed by atoms with Crippen molar-refractivity contribution in [2.75, 3.05) is 0 Å². The van der Waals surface area contributed by atoms with Crippen LogP contribution in [-0.2, 0) is 12.3 Å². The summed E-state index contributed by atoms with van der Waals surface area (Å²) in [5.74, 6) is 1.36. The number of nitrogens with zero attached hydrogens (tertiary/aromatic N) is 5. The number of carbonyl (C=O) groups is 1. The van der Waals surface area contributed by atoms with Gasteiger partial charge in [-0.25, -0.2) is 0 Å². The maximum atomic E-state index is 12.5. The van der Waals surface area contributed by atoms with Gasteiger partial charge >= 0.3 is 0 Å². The fourth-order valence-corrected chi connectivity index (χ4v) is 4.64. The van der Waals surface area contributed by atoms with Crippen LogP contribution in [0.2, 0.25) is 0 Å². The van der Waals surface area contributed by atoms with E-state index in [1.54, 1.807) is 36.5 Å². The molecule has 5 aromatic rings. The number of benzene rings is 2. The number of hydrogen-bond donors (Lipinski definition) is 1. The Bertz CT molecular complexity index is 1450. The van der Waals surface area contributed by atoms with Crippen molar-refractivity contribution in [3.63, 3.8) is 0 Å². The van der Waals surface area contributed by atoms with Crippen molar-refractivity contribution >= 4 is 17.7 Å². The van der Waals surface area contributed by atoms with Crippen LogP contribution >= 0.6 is 11.8 Å². The second-order valence-electron chi connectivity index (χ2n) is 8.24. The number of rotatable bonds is 8. The topological polar surface area (TPSA) is 85.6 Å². The average molecular weight is 493 g/mol. The van der Waals surface area contributed by atoms with Gasteiger partial charge in [-0.05, 0) is 72.1 Å². The van der Waals surface area contributed by atoms with Crippen LogP contribution in [0, 0.1) is 6.92 Å². The summed E-state index contributed by atoms with van der Waals surface area (Å²) >= 11 is 1.61. The summed E-state index contributed by atoms with van der Waals surface area (Å²) in [6.07, 6.45) is 6.94. The number of thioether (sulfide) groups is 1. The Balaban J connectivity index is 1.31. The molecule has 7 nitrogen and oxygen atoms in total. The van der Waals surface area contributed by atoms with Crippen molar-refractivity contribution < 1.29 is 4.79 Å². The molecule has 36 heavy (non-hydrogen) atoms. The predicted molar refractivity (Wildman–Crippen MR) is 141 cm³/mol. The molecule has 8 heteroatoms. The first-order valence-corrected chi connectivity index (χ1v) is 12.5. The van der Waals surface area contributed by atoms with E-state index in [-0.39, 0.29) is 5.91 Å². The first-order valence-electron chi connectivity index (χ1n) is 11.5. The van der Waals surface area contributed by atoms with Crippen molar-refractivity contribution in [2.45, 2.75) is 24.4 Å². The molecular formula is C28H24N6OS. The molecule has 1 amide bonds. The van der Waals surface area contributed by atoms with Crippen LogP contribution in [-0.4, -0.2) is 30.6 Å². The van der Waals surface area contributed by atoms with Crippen LogP contribution in [0.3, 0.4) is 0 Å². The van der Waals surface area contributed by atoms with Crippen molar-refractivity contribution in [1.29, 1.82) is 0 Å². The third-order valence-electron chi connectivity index (χ3n) is 5.62. The monoisotopic (exact) mass is 492 g/mol. The Kier molecular flexibility index (Phi) is 7.14. The predicted octanol–water partition coefficient (Wildman–Crippen LogP) is 5.26. The number of aryl methyl sites for hydroxylation is 1. The highest BCUT2D eigenvalue weighted by atomic mass is 32.2. The van der Waals surface area contributed by atoms with Crippen molar-refractivity contribution in [1.82, 2.24) is 30.0 Å². The quantitative estimate of drug-likeness (QED) is 0.298. The smallest absolute Gasteiger partial charge is 0.251 e. The molecule has 178 valence electrons. The minimum atomic E-state index is -0.104. The molecule has 3 heterocycles. The normalized spacial score (nSPS) is 10.8. The van der Waals surface area contributed by atoms with Gasteiger partial charge in [0.05, 0.1) is 0 Å². The van der Waals surface area contributed by atoms with Crippen LogP contribution in [0.4, 0.5) is 0 Å². The molecule has 0 unspecified atom stereocenters. The maximum absolute atomic E-state index is 12.5. The van der Waals surface area contributed by atoms with E-state index in [2.05, 4.69) is 55.2 Å². The highest BCUT2D eigenvalue weighted by Gasteiger charge is 2.16. The number of aromatic nitrogens is 5. The number of hydrogen-bond acceptors (Lipinski definition) is 6. The maximum Gasteiger partial charge on any atom is 0.251 e. The molecule has 5 rings (SSSR count). The van der Waals surface area contributed by atoms with E-state index in [4.69, 9.17) is 0 Å². The van der Waals surface area contributed by atoms with E-state index >= 15 is 0 Å². The molecule has 0 atom stereocenters. The SMILES string of the molecule is Cc1cccc(-n2c(SCc3ccc(C(=O)NCc4ccncc4)cc3)nnc2-c2ccncc2)c1. The zero-order valence-corrected chi connectivity index (χ0v) is 20.5. The number of pyridine rings is 2. The Hall–Kier alpha value is -4.30. The first kappa shape index (κ1) is 23.4. The van der Waals surface area contributed by atoms with Gasteiger partial charge in [0.15, 0.2) is 11.0 Å². The van der Waals surface area contributed by atoms with Crippen LogP contribution in [0.5, 0.6) is 0 Å². The summed E-state index contributed by atoms with van der Waals surface area (Å²) in [5, 5.41) is 12.7. The molecule has 0 aliphatic heterocycles. The molecule has 0 aliphatic carbocycles. The van der Waals surface area contributed by atoms with Gasteiger partial charge in [-0.1, -0.05) is 36.0 Å². The standard InChI is InChI=1S/C28H24N6OS/c1-20-3-2-4-25(17-20)34-26(23-11-15-30-16-12-23)32-33-28(34)36-19-22-5-7-24(8-6-22)27(35)31-18-21-9-13-29-14-10-21/h2-17H,18-19H2,1H3,(H,31,35). The third-order valence-corrected chi connectivity index (χ3v) is 6.62. The molecule has 0 saturated carbocycles. The number of carbonyl (C=O) groups excluding carboxylic acids is 1. The first-order chi connectivity index (χ1) is 17.7. The lowest BCUT2D eigenvalue weighted by atomic mass is 10.1. The number of amides is 1. The molecule has 0 bridgehead atoms. The second kappa shape index (κ2) is 11.0. The van der Waals surface area contributed by atoms with E-state index in [1.807, 2.05) is 54.6 Å². The lowest BCUT2D eigenvalue weighted by molar-refractivity contribution is 0.0951. The molecule has 0 fully saturated rings. The fourth-order valence-electron chi connectivity index (χ4n) is 3.74. The molecule has 1 N–H and O–H groups in total. The zero-order chi connectivity index (χ0) is 24.7. The molecule has 2 aromatic carbocycles. The molecule has 0 aliphatic rings. The Labute approximate surface area is 213 Å². The van der Waals surface area contributed by atoms with E-state index in [0.717, 1.165) is 38.9 Å². The summed E-state index contributed by atoms with van der Waals surface area (Å²) in [4.78, 5) is 20.6. The highest BCUT2D eigenvalue weighted by molar-refractivity contribution is 7.98. The van der Waals surface area contributed by atoms with Gasteiger partial charge in [0, 0.05) is 53.9 Å². The Morgan fingerprint density at radius 2 is 1.58 bits per heavy atom. The van der Waals surface area contributed by atoms with Crippen molar-refractivity contribution in [3.05, 3.63) is 120 Å². The van der Waals surface area contributed by atoms with Gasteiger partial charge in [0.1, 0.15) is 0 Å². The van der Waals surface area contributed by atoms with Crippen molar-refractivity contribution in [2.24, 2.45) is 0 Å². The lowest BCUT2D eigenvalue weighted by Crippen LogP contribution is -2.22. The largest absolute Gasteiger partial charge is 0.348 e. The average Bonchev–Trinajstić information content (AvgIpc) is 3.36. The Morgan fingerprint density at radius 3 is 2.31 bits per heavy atom. The second-order valence-corrected chi connectivity index (χ2v) is 9.18. The van der Waals surface area contributed by atoms with Gasteiger partial charge in [-0.3, -0.25) is 19.3 Å². The minimum Gasteiger partial charge on any atom is -0.348 e. The van der Waals surface area contributed by atoms with E-state index in [0.29, 0.717) is 17.9 Å². The van der Waals surface area contributed by atoms with Gasteiger partial charge in [-0.2, -0.15) is 0 Å². The van der Waals surface area contributed by atoms with E-state index in [9.17, 15) is 4.79 Å². The van der Waals surface area contributed by atoms with Gasteiger partial charge < -0.3 is 5.32 Å².